The third-order valence-electron chi connectivity index (χ3n) is 6.33. The standard InChI is InChI=1S/C22H22N4O7/c1-26-8-7-10-13(19(30-4)21-20(31-9-32-21)15(10)24-25-23)16(26)17-11-5-6-12(28-2)18(29-3)14(11)22(27)33-17/h5-6,16-17H,7-9H2,1-4H3/t16-,17+/m1/s1. The second kappa shape index (κ2) is 7.95. The second-order valence-electron chi connectivity index (χ2n) is 7.79. The van der Waals surface area contributed by atoms with Crippen LogP contribution in [-0.2, 0) is 11.2 Å². The lowest BCUT2D eigenvalue weighted by Crippen LogP contribution is -2.36. The number of nitrogens with zero attached hydrogens (tertiary/aromatic N) is 4. The molecule has 11 heteroatoms. The normalized spacial score (nSPS) is 20.4. The maximum absolute atomic E-state index is 13.0. The van der Waals surface area contributed by atoms with Crippen molar-refractivity contribution in [3.05, 3.63) is 44.8 Å². The smallest absolute Gasteiger partial charge is 0.343 e. The highest BCUT2D eigenvalue weighted by Gasteiger charge is 2.47. The minimum Gasteiger partial charge on any atom is -0.493 e. The van der Waals surface area contributed by atoms with Gasteiger partial charge >= 0.3 is 5.97 Å². The molecule has 3 aliphatic heterocycles. The molecule has 0 unspecified atom stereocenters. The SMILES string of the molecule is COc1ccc2c(c1OC)C(=O)O[C@@H]2[C@H]1c2c(c(N=[N+]=[N-])c3c(c2OC)OCO3)CCN1C. The number of hydrogen-bond donors (Lipinski definition) is 0. The molecule has 2 aromatic carbocycles. The third-order valence-corrected chi connectivity index (χ3v) is 6.33. The molecular formula is C22H22N4O7. The predicted octanol–water partition coefficient (Wildman–Crippen LogP) is 3.82. The highest BCUT2D eigenvalue weighted by Crippen LogP contribution is 2.59. The van der Waals surface area contributed by atoms with E-state index in [0.29, 0.717) is 58.5 Å². The van der Waals surface area contributed by atoms with Crippen LogP contribution in [0.5, 0.6) is 28.7 Å². The van der Waals surface area contributed by atoms with Crippen LogP contribution in [0.2, 0.25) is 0 Å². The summed E-state index contributed by atoms with van der Waals surface area (Å²) in [4.78, 5) is 18.1. The molecule has 0 saturated heterocycles. The number of esters is 1. The quantitative estimate of drug-likeness (QED) is 0.289. The van der Waals surface area contributed by atoms with Crippen LogP contribution < -0.4 is 23.7 Å². The number of cyclic esters (lactones) is 1. The number of likely N-dealkylation sites (N-methyl/N-ethyl adjacent to an activating group) is 1. The summed E-state index contributed by atoms with van der Waals surface area (Å²) < 4.78 is 33.8. The van der Waals surface area contributed by atoms with Gasteiger partial charge in [0.25, 0.3) is 0 Å². The Morgan fingerprint density at radius 1 is 1.12 bits per heavy atom. The van der Waals surface area contributed by atoms with Gasteiger partial charge in [0, 0.05) is 22.6 Å². The Morgan fingerprint density at radius 3 is 2.58 bits per heavy atom. The van der Waals surface area contributed by atoms with Crippen LogP contribution >= 0.6 is 0 Å². The van der Waals surface area contributed by atoms with E-state index in [1.54, 1.807) is 13.2 Å². The molecule has 0 aromatic heterocycles. The van der Waals surface area contributed by atoms with Crippen molar-refractivity contribution in [2.24, 2.45) is 5.11 Å². The Bertz CT molecular complexity index is 1210. The van der Waals surface area contributed by atoms with Crippen molar-refractivity contribution < 1.29 is 33.2 Å². The van der Waals surface area contributed by atoms with Gasteiger partial charge in [-0.05, 0) is 30.6 Å². The van der Waals surface area contributed by atoms with E-state index in [0.717, 1.165) is 11.1 Å². The van der Waals surface area contributed by atoms with E-state index >= 15 is 0 Å². The summed E-state index contributed by atoms with van der Waals surface area (Å²) in [5, 5.41) is 3.92. The number of carbonyl (C=O) groups excluding carboxylic acids is 1. The van der Waals surface area contributed by atoms with Crippen molar-refractivity contribution in [1.82, 2.24) is 4.90 Å². The van der Waals surface area contributed by atoms with Crippen molar-refractivity contribution >= 4 is 11.7 Å². The van der Waals surface area contributed by atoms with Gasteiger partial charge in [-0.2, -0.15) is 0 Å². The van der Waals surface area contributed by atoms with Gasteiger partial charge < -0.3 is 28.4 Å². The molecule has 0 bridgehead atoms. The Hall–Kier alpha value is -3.82. The van der Waals surface area contributed by atoms with E-state index in [4.69, 9.17) is 28.4 Å². The largest absolute Gasteiger partial charge is 0.493 e. The lowest BCUT2D eigenvalue weighted by atomic mass is 9.84. The molecule has 0 radical (unpaired) electrons. The molecule has 5 rings (SSSR count). The van der Waals surface area contributed by atoms with Gasteiger partial charge in [-0.15, -0.1) is 0 Å². The molecule has 3 aliphatic rings. The fourth-order valence-electron chi connectivity index (χ4n) is 4.96. The van der Waals surface area contributed by atoms with Gasteiger partial charge in [-0.1, -0.05) is 11.2 Å². The fourth-order valence-corrected chi connectivity index (χ4v) is 4.96. The molecule has 33 heavy (non-hydrogen) atoms. The molecular weight excluding hydrogens is 432 g/mol. The van der Waals surface area contributed by atoms with E-state index in [1.807, 2.05) is 13.1 Å². The molecule has 2 aromatic rings. The molecule has 172 valence electrons. The van der Waals surface area contributed by atoms with Crippen LogP contribution in [0.25, 0.3) is 10.4 Å². The first kappa shape index (κ1) is 21.0. The number of azide groups is 1. The number of fused-ring (bicyclic) bond motifs is 3. The number of rotatable bonds is 5. The predicted molar refractivity (Wildman–Crippen MR) is 115 cm³/mol. The van der Waals surface area contributed by atoms with E-state index in [1.165, 1.54) is 14.2 Å². The average Bonchev–Trinajstić information content (AvgIpc) is 3.43. The van der Waals surface area contributed by atoms with Crippen LogP contribution in [0.4, 0.5) is 5.69 Å². The number of benzene rings is 2. The zero-order chi connectivity index (χ0) is 23.3. The van der Waals surface area contributed by atoms with Gasteiger partial charge in [-0.25, -0.2) is 4.79 Å². The topological polar surface area (TPSA) is 124 Å². The van der Waals surface area contributed by atoms with Gasteiger partial charge in [-0.3, -0.25) is 4.90 Å². The summed E-state index contributed by atoms with van der Waals surface area (Å²) in [6.45, 7) is 0.617. The fraction of sp³-hybridized carbons (Fsp3) is 0.409. The number of methoxy groups -OCH3 is 3. The first-order valence-electron chi connectivity index (χ1n) is 10.3. The van der Waals surface area contributed by atoms with Crippen molar-refractivity contribution in [3.8, 4) is 28.7 Å². The molecule has 0 saturated carbocycles. The van der Waals surface area contributed by atoms with Crippen molar-refractivity contribution in [2.75, 3.05) is 41.7 Å². The van der Waals surface area contributed by atoms with Crippen LogP contribution in [0, 0.1) is 0 Å². The number of carbonyl (C=O) groups is 1. The van der Waals surface area contributed by atoms with E-state index in [-0.39, 0.29) is 6.79 Å². The molecule has 3 heterocycles. The highest BCUT2D eigenvalue weighted by molar-refractivity contribution is 5.98. The average molecular weight is 454 g/mol. The Labute approximate surface area is 189 Å². The second-order valence-corrected chi connectivity index (χ2v) is 7.79. The third kappa shape index (κ3) is 2.93. The monoisotopic (exact) mass is 454 g/mol. The maximum atomic E-state index is 13.0. The Balaban J connectivity index is 1.75. The summed E-state index contributed by atoms with van der Waals surface area (Å²) in [5.74, 6) is 1.47. The zero-order valence-electron chi connectivity index (χ0n) is 18.6. The Kier molecular flexibility index (Phi) is 5.07. The number of hydrogen-bond acceptors (Lipinski definition) is 9. The highest BCUT2D eigenvalue weighted by atomic mass is 16.7. The van der Waals surface area contributed by atoms with Crippen LogP contribution in [0.15, 0.2) is 17.2 Å². The van der Waals surface area contributed by atoms with E-state index < -0.39 is 18.1 Å². The summed E-state index contributed by atoms with van der Waals surface area (Å²) in [6.07, 6.45) is -0.0760. The first-order valence-corrected chi connectivity index (χ1v) is 10.3. The zero-order valence-corrected chi connectivity index (χ0v) is 18.6. The summed E-state index contributed by atoms with van der Waals surface area (Å²) in [6, 6.07) is 3.12. The molecule has 0 aliphatic carbocycles. The molecule has 11 nitrogen and oxygen atoms in total. The van der Waals surface area contributed by atoms with Crippen LogP contribution in [0.3, 0.4) is 0 Å². The van der Waals surface area contributed by atoms with Crippen molar-refractivity contribution in [2.45, 2.75) is 18.6 Å². The van der Waals surface area contributed by atoms with Crippen LogP contribution in [-0.4, -0.2) is 52.6 Å². The lowest BCUT2D eigenvalue weighted by Gasteiger charge is -2.39. The summed E-state index contributed by atoms with van der Waals surface area (Å²) in [5.41, 5.74) is 12.1. The molecule has 0 N–H and O–H groups in total. The minimum atomic E-state index is -0.662. The van der Waals surface area contributed by atoms with E-state index in [2.05, 4.69) is 14.9 Å². The van der Waals surface area contributed by atoms with Gasteiger partial charge in [0.05, 0.1) is 33.1 Å². The van der Waals surface area contributed by atoms with Crippen LogP contribution in [0.1, 0.15) is 39.2 Å². The summed E-state index contributed by atoms with van der Waals surface area (Å²) >= 11 is 0. The summed E-state index contributed by atoms with van der Waals surface area (Å²) in [7, 11) is 6.48. The van der Waals surface area contributed by atoms with Gasteiger partial charge in [0.2, 0.25) is 12.5 Å². The van der Waals surface area contributed by atoms with Gasteiger partial charge in [0.15, 0.2) is 23.0 Å². The molecule has 0 spiro atoms. The van der Waals surface area contributed by atoms with E-state index in [9.17, 15) is 10.3 Å². The van der Waals surface area contributed by atoms with Crippen molar-refractivity contribution in [1.29, 1.82) is 0 Å². The minimum absolute atomic E-state index is 0.0126. The lowest BCUT2D eigenvalue weighted by molar-refractivity contribution is 0.00878. The molecule has 2 atom stereocenters. The number of ether oxygens (including phenoxy) is 6. The first-order chi connectivity index (χ1) is 16.0. The molecule has 0 fully saturated rings. The van der Waals surface area contributed by atoms with Crippen molar-refractivity contribution in [3.63, 3.8) is 0 Å². The van der Waals surface area contributed by atoms with Gasteiger partial charge in [0.1, 0.15) is 11.7 Å². The molecule has 0 amide bonds. The maximum Gasteiger partial charge on any atom is 0.343 e. The Morgan fingerprint density at radius 2 is 1.88 bits per heavy atom.